The highest BCUT2D eigenvalue weighted by Crippen LogP contribution is 2.27. The van der Waals surface area contributed by atoms with Gasteiger partial charge < -0.3 is 14.3 Å². The largest absolute Gasteiger partial charge is 0.507 e. The Morgan fingerprint density at radius 2 is 1.79 bits per heavy atom. The van der Waals surface area contributed by atoms with Gasteiger partial charge in [0.05, 0.1) is 18.3 Å². The highest BCUT2D eigenvalue weighted by Gasteiger charge is 2.25. The van der Waals surface area contributed by atoms with Crippen LogP contribution in [0.25, 0.3) is 0 Å². The van der Waals surface area contributed by atoms with Gasteiger partial charge in [-0.15, -0.1) is 0 Å². The van der Waals surface area contributed by atoms with Crippen molar-refractivity contribution in [3.05, 3.63) is 63.7 Å². The molecule has 0 saturated carbocycles. The second kappa shape index (κ2) is 8.90. The summed E-state index contributed by atoms with van der Waals surface area (Å²) in [6.07, 6.45) is 5.01. The van der Waals surface area contributed by atoms with Gasteiger partial charge in [-0.3, -0.25) is 9.80 Å². The van der Waals surface area contributed by atoms with Crippen LogP contribution in [0, 0.1) is 0 Å². The fraction of sp³-hybridized carbons (Fsp3) is 0.500. The van der Waals surface area contributed by atoms with Crippen LogP contribution in [0.4, 0.5) is 0 Å². The molecule has 1 N–H and O–H groups in total. The first-order chi connectivity index (χ1) is 13.7. The second-order valence-corrected chi connectivity index (χ2v) is 7.72. The summed E-state index contributed by atoms with van der Waals surface area (Å²) in [4.78, 5) is 16.8. The fourth-order valence-electron chi connectivity index (χ4n) is 4.09. The van der Waals surface area contributed by atoms with Crippen LogP contribution in [0.1, 0.15) is 42.1 Å². The molecule has 0 radical (unpaired) electrons. The van der Waals surface area contributed by atoms with Crippen LogP contribution in [0.5, 0.6) is 5.75 Å². The zero-order valence-electron chi connectivity index (χ0n) is 16.2. The molecule has 150 valence electrons. The van der Waals surface area contributed by atoms with Gasteiger partial charge in [0, 0.05) is 31.7 Å². The van der Waals surface area contributed by atoms with Gasteiger partial charge in [0.15, 0.2) is 0 Å². The molecule has 6 nitrogen and oxygen atoms in total. The van der Waals surface area contributed by atoms with Gasteiger partial charge in [-0.2, -0.15) is 0 Å². The van der Waals surface area contributed by atoms with Crippen molar-refractivity contribution in [2.75, 3.05) is 32.8 Å². The third-order valence-corrected chi connectivity index (χ3v) is 5.69. The third-order valence-electron chi connectivity index (χ3n) is 5.69. The van der Waals surface area contributed by atoms with E-state index in [1.165, 1.54) is 25.5 Å². The Morgan fingerprint density at radius 3 is 2.57 bits per heavy atom. The second-order valence-electron chi connectivity index (χ2n) is 7.72. The van der Waals surface area contributed by atoms with Crippen molar-refractivity contribution in [1.82, 2.24) is 9.80 Å². The molecular weight excluding hydrogens is 356 g/mol. The molecule has 1 aromatic heterocycles. The molecule has 1 unspecified atom stereocenters. The van der Waals surface area contributed by atoms with Crippen molar-refractivity contribution in [2.24, 2.45) is 0 Å². The SMILES string of the molecule is O=c1occ(CN2CCCCC2)c(O)c1CN1CCOC(c2ccccc2)C1. The molecule has 0 spiro atoms. The molecule has 4 rings (SSSR count). The number of benzene rings is 1. The lowest BCUT2D eigenvalue weighted by Crippen LogP contribution is -2.38. The van der Waals surface area contributed by atoms with E-state index in [2.05, 4.69) is 21.9 Å². The maximum absolute atomic E-state index is 12.3. The first kappa shape index (κ1) is 19.2. The summed E-state index contributed by atoms with van der Waals surface area (Å²) in [5.74, 6) is 0.0876. The Bertz CT molecular complexity index is 830. The number of likely N-dealkylation sites (tertiary alicyclic amines) is 1. The van der Waals surface area contributed by atoms with E-state index >= 15 is 0 Å². The van der Waals surface area contributed by atoms with Crippen LogP contribution < -0.4 is 5.63 Å². The average molecular weight is 384 g/mol. The van der Waals surface area contributed by atoms with Crippen molar-refractivity contribution in [3.63, 3.8) is 0 Å². The first-order valence-electron chi connectivity index (χ1n) is 10.1. The van der Waals surface area contributed by atoms with Gasteiger partial charge >= 0.3 is 5.63 Å². The van der Waals surface area contributed by atoms with Gasteiger partial charge in [-0.1, -0.05) is 36.8 Å². The molecule has 2 saturated heterocycles. The molecule has 2 aliphatic rings. The van der Waals surface area contributed by atoms with E-state index in [1.807, 2.05) is 18.2 Å². The van der Waals surface area contributed by atoms with Crippen LogP contribution in [-0.2, 0) is 17.8 Å². The topological polar surface area (TPSA) is 66.2 Å². The average Bonchev–Trinajstić information content (AvgIpc) is 2.75. The van der Waals surface area contributed by atoms with Gasteiger partial charge in [0.2, 0.25) is 0 Å². The Balaban J connectivity index is 1.47. The van der Waals surface area contributed by atoms with E-state index in [0.717, 1.165) is 25.2 Å². The number of hydrogen-bond acceptors (Lipinski definition) is 6. The number of aromatic hydroxyl groups is 1. The number of rotatable bonds is 5. The molecule has 0 aliphatic carbocycles. The number of ether oxygens (including phenoxy) is 1. The Labute approximate surface area is 165 Å². The summed E-state index contributed by atoms with van der Waals surface area (Å²) in [5, 5.41) is 10.8. The molecule has 6 heteroatoms. The third kappa shape index (κ3) is 4.46. The van der Waals surface area contributed by atoms with Gasteiger partial charge in [-0.25, -0.2) is 4.79 Å². The van der Waals surface area contributed by atoms with Crippen LogP contribution in [0.3, 0.4) is 0 Å². The highest BCUT2D eigenvalue weighted by molar-refractivity contribution is 5.36. The fourth-order valence-corrected chi connectivity index (χ4v) is 4.09. The zero-order chi connectivity index (χ0) is 19.3. The standard InChI is InChI=1S/C22H28N2O4/c25-21-18(13-23-9-5-2-6-10-23)16-28-22(26)19(21)14-24-11-12-27-20(15-24)17-7-3-1-4-8-17/h1,3-4,7-8,16,20,25H,2,5-6,9-15H2. The van der Waals surface area contributed by atoms with Crippen LogP contribution in [-0.4, -0.2) is 47.7 Å². The number of piperidine rings is 1. The molecule has 2 aromatic rings. The van der Waals surface area contributed by atoms with E-state index in [0.29, 0.717) is 37.4 Å². The van der Waals surface area contributed by atoms with Crippen LogP contribution in [0.15, 0.2) is 45.8 Å². The molecule has 0 amide bonds. The Hall–Kier alpha value is -2.15. The minimum absolute atomic E-state index is 0.0272. The Morgan fingerprint density at radius 1 is 1.00 bits per heavy atom. The lowest BCUT2D eigenvalue weighted by atomic mass is 10.1. The minimum atomic E-state index is -0.456. The molecule has 1 atom stereocenters. The molecule has 2 fully saturated rings. The van der Waals surface area contributed by atoms with Crippen molar-refractivity contribution in [1.29, 1.82) is 0 Å². The van der Waals surface area contributed by atoms with Gasteiger partial charge in [-0.05, 0) is 31.5 Å². The van der Waals surface area contributed by atoms with E-state index in [-0.39, 0.29) is 11.9 Å². The zero-order valence-corrected chi connectivity index (χ0v) is 16.2. The quantitative estimate of drug-likeness (QED) is 0.855. The van der Waals surface area contributed by atoms with E-state index in [1.54, 1.807) is 0 Å². The summed E-state index contributed by atoms with van der Waals surface area (Å²) in [7, 11) is 0. The van der Waals surface area contributed by atoms with E-state index in [4.69, 9.17) is 9.15 Å². The van der Waals surface area contributed by atoms with Crippen LogP contribution >= 0.6 is 0 Å². The van der Waals surface area contributed by atoms with E-state index < -0.39 is 5.63 Å². The highest BCUT2D eigenvalue weighted by atomic mass is 16.5. The van der Waals surface area contributed by atoms with E-state index in [9.17, 15) is 9.90 Å². The minimum Gasteiger partial charge on any atom is -0.507 e. The van der Waals surface area contributed by atoms with Crippen molar-refractivity contribution < 1.29 is 14.3 Å². The predicted molar refractivity (Wildman–Crippen MR) is 106 cm³/mol. The number of morpholine rings is 1. The summed E-state index contributed by atoms with van der Waals surface area (Å²) in [5.41, 5.74) is 1.72. The van der Waals surface area contributed by atoms with Crippen molar-refractivity contribution in [3.8, 4) is 5.75 Å². The Kier molecular flexibility index (Phi) is 6.10. The smallest absolute Gasteiger partial charge is 0.343 e. The number of nitrogens with zero attached hydrogens (tertiary/aromatic N) is 2. The van der Waals surface area contributed by atoms with Crippen molar-refractivity contribution in [2.45, 2.75) is 38.5 Å². The maximum Gasteiger partial charge on any atom is 0.343 e. The first-order valence-corrected chi connectivity index (χ1v) is 10.1. The summed E-state index contributed by atoms with van der Waals surface area (Å²) >= 11 is 0. The summed E-state index contributed by atoms with van der Waals surface area (Å²) < 4.78 is 11.2. The summed E-state index contributed by atoms with van der Waals surface area (Å²) in [6, 6.07) is 10.1. The van der Waals surface area contributed by atoms with Gasteiger partial charge in [0.25, 0.3) is 0 Å². The molecule has 2 aliphatic heterocycles. The predicted octanol–water partition coefficient (Wildman–Crippen LogP) is 2.90. The molecule has 1 aromatic carbocycles. The normalized spacial score (nSPS) is 21.6. The lowest BCUT2D eigenvalue weighted by molar-refractivity contribution is -0.0334. The lowest BCUT2D eigenvalue weighted by Gasteiger charge is -2.33. The molecule has 3 heterocycles. The molecule has 28 heavy (non-hydrogen) atoms. The number of hydrogen-bond donors (Lipinski definition) is 1. The van der Waals surface area contributed by atoms with Crippen LogP contribution in [0.2, 0.25) is 0 Å². The molecule has 0 bridgehead atoms. The van der Waals surface area contributed by atoms with Gasteiger partial charge in [0.1, 0.15) is 12.0 Å². The molecular formula is C22H28N2O4. The monoisotopic (exact) mass is 384 g/mol. The maximum atomic E-state index is 12.3. The summed E-state index contributed by atoms with van der Waals surface area (Å²) in [6.45, 7) is 5.04. The van der Waals surface area contributed by atoms with Crippen molar-refractivity contribution >= 4 is 0 Å².